The highest BCUT2D eigenvalue weighted by Crippen LogP contribution is 2.19. The Labute approximate surface area is 136 Å². The minimum atomic E-state index is -0.864. The highest BCUT2D eigenvalue weighted by Gasteiger charge is 2.17. The predicted molar refractivity (Wildman–Crippen MR) is 83.8 cm³/mol. The number of halogens is 2. The van der Waals surface area contributed by atoms with Crippen LogP contribution in [0.2, 0.25) is 0 Å². The molecule has 1 heterocycles. The summed E-state index contributed by atoms with van der Waals surface area (Å²) in [7, 11) is 0. The van der Waals surface area contributed by atoms with Gasteiger partial charge in [0.05, 0.1) is 12.0 Å². The van der Waals surface area contributed by atoms with Gasteiger partial charge >= 0.3 is 0 Å². The van der Waals surface area contributed by atoms with Gasteiger partial charge in [0.1, 0.15) is 24.0 Å². The zero-order chi connectivity index (χ0) is 16.9. The third kappa shape index (κ3) is 3.60. The number of rotatable bonds is 5. The second-order valence-corrected chi connectivity index (χ2v) is 4.95. The molecule has 2 aromatic carbocycles. The number of amides is 1. The normalized spacial score (nSPS) is 10.4. The molecule has 0 saturated carbocycles. The van der Waals surface area contributed by atoms with Gasteiger partial charge in [-0.3, -0.25) is 4.79 Å². The molecule has 6 heteroatoms. The van der Waals surface area contributed by atoms with Crippen LogP contribution in [0.1, 0.15) is 16.1 Å². The Morgan fingerprint density at radius 2 is 1.88 bits per heavy atom. The number of anilines is 1. The van der Waals surface area contributed by atoms with Gasteiger partial charge in [0.2, 0.25) is 0 Å². The van der Waals surface area contributed by atoms with E-state index in [4.69, 9.17) is 9.15 Å². The zero-order valence-electron chi connectivity index (χ0n) is 12.5. The molecule has 0 unspecified atom stereocenters. The van der Waals surface area contributed by atoms with Crippen LogP contribution in [0.3, 0.4) is 0 Å². The quantitative estimate of drug-likeness (QED) is 0.755. The molecule has 1 N–H and O–H groups in total. The number of hydrogen-bond donors (Lipinski definition) is 1. The van der Waals surface area contributed by atoms with Crippen molar-refractivity contribution in [1.82, 2.24) is 0 Å². The molecule has 0 radical (unpaired) electrons. The van der Waals surface area contributed by atoms with Gasteiger partial charge in [-0.1, -0.05) is 18.2 Å². The average Bonchev–Trinajstić information content (AvgIpc) is 3.05. The van der Waals surface area contributed by atoms with Crippen molar-refractivity contribution in [1.29, 1.82) is 0 Å². The largest absolute Gasteiger partial charge is 0.489 e. The Hall–Kier alpha value is -3.15. The van der Waals surface area contributed by atoms with Crippen molar-refractivity contribution in [3.8, 4) is 5.75 Å². The molecule has 0 atom stereocenters. The van der Waals surface area contributed by atoms with Crippen LogP contribution >= 0.6 is 0 Å². The van der Waals surface area contributed by atoms with Crippen LogP contribution in [0, 0.1) is 11.6 Å². The highest BCUT2D eigenvalue weighted by atomic mass is 19.1. The summed E-state index contributed by atoms with van der Waals surface area (Å²) >= 11 is 0. The number of para-hydroxylation sites is 1. The molecular formula is C18H13F2NO3. The molecule has 122 valence electrons. The molecule has 0 aliphatic carbocycles. The first-order chi connectivity index (χ1) is 11.6. The average molecular weight is 329 g/mol. The van der Waals surface area contributed by atoms with E-state index in [2.05, 4.69) is 5.32 Å². The van der Waals surface area contributed by atoms with Gasteiger partial charge in [-0.05, 0) is 30.3 Å². The second-order valence-electron chi connectivity index (χ2n) is 4.95. The van der Waals surface area contributed by atoms with Crippen LogP contribution in [0.5, 0.6) is 5.75 Å². The van der Waals surface area contributed by atoms with Crippen molar-refractivity contribution >= 4 is 11.6 Å². The Bertz CT molecular complexity index is 846. The van der Waals surface area contributed by atoms with E-state index >= 15 is 0 Å². The molecule has 3 aromatic rings. The number of carbonyl (C=O) groups is 1. The van der Waals surface area contributed by atoms with Gasteiger partial charge in [0, 0.05) is 11.6 Å². The van der Waals surface area contributed by atoms with E-state index in [9.17, 15) is 13.6 Å². The van der Waals surface area contributed by atoms with Crippen molar-refractivity contribution < 1.29 is 22.7 Å². The standard InChI is InChI=1S/C18H13F2NO3/c19-13-6-7-16(15(20)10-13)21-18(22)17-12(8-9-23-17)11-24-14-4-2-1-3-5-14/h1-10H,11H2,(H,21,22). The lowest BCUT2D eigenvalue weighted by atomic mass is 10.2. The molecule has 24 heavy (non-hydrogen) atoms. The molecule has 0 spiro atoms. The van der Waals surface area contributed by atoms with Gasteiger partial charge in [-0.25, -0.2) is 8.78 Å². The summed E-state index contributed by atoms with van der Waals surface area (Å²) in [5.74, 6) is -1.57. The van der Waals surface area contributed by atoms with Crippen molar-refractivity contribution in [2.45, 2.75) is 6.61 Å². The van der Waals surface area contributed by atoms with Crippen LogP contribution in [-0.4, -0.2) is 5.91 Å². The summed E-state index contributed by atoms with van der Waals surface area (Å²) in [5.41, 5.74) is 0.381. The molecule has 4 nitrogen and oxygen atoms in total. The van der Waals surface area contributed by atoms with E-state index in [1.165, 1.54) is 6.26 Å². The van der Waals surface area contributed by atoms with Crippen LogP contribution in [-0.2, 0) is 6.61 Å². The van der Waals surface area contributed by atoms with Crippen molar-refractivity contribution in [3.63, 3.8) is 0 Å². The maximum Gasteiger partial charge on any atom is 0.291 e. The van der Waals surface area contributed by atoms with Gasteiger partial charge in [-0.2, -0.15) is 0 Å². The van der Waals surface area contributed by atoms with Crippen LogP contribution < -0.4 is 10.1 Å². The first-order valence-electron chi connectivity index (χ1n) is 7.14. The summed E-state index contributed by atoms with van der Waals surface area (Å²) in [6, 6.07) is 13.6. The zero-order valence-corrected chi connectivity index (χ0v) is 12.5. The fraction of sp³-hybridized carbons (Fsp3) is 0.0556. The molecule has 1 aromatic heterocycles. The fourth-order valence-corrected chi connectivity index (χ4v) is 2.10. The van der Waals surface area contributed by atoms with Crippen molar-refractivity contribution in [2.24, 2.45) is 0 Å². The highest BCUT2D eigenvalue weighted by molar-refractivity contribution is 6.03. The lowest BCUT2D eigenvalue weighted by molar-refractivity contribution is 0.0993. The summed E-state index contributed by atoms with van der Waals surface area (Å²) in [6.45, 7) is 0.120. The molecule has 0 aliphatic heterocycles. The summed E-state index contributed by atoms with van der Waals surface area (Å²) in [6.07, 6.45) is 1.35. The Kier molecular flexibility index (Phi) is 4.56. The van der Waals surface area contributed by atoms with Gasteiger partial charge in [-0.15, -0.1) is 0 Å². The Morgan fingerprint density at radius 3 is 2.62 bits per heavy atom. The third-order valence-corrected chi connectivity index (χ3v) is 3.27. The number of carbonyl (C=O) groups excluding carboxylic acids is 1. The topological polar surface area (TPSA) is 51.5 Å². The minimum Gasteiger partial charge on any atom is -0.489 e. The van der Waals surface area contributed by atoms with E-state index in [1.54, 1.807) is 18.2 Å². The molecule has 0 saturated heterocycles. The van der Waals surface area contributed by atoms with Crippen LogP contribution in [0.15, 0.2) is 65.3 Å². The maximum atomic E-state index is 13.6. The maximum absolute atomic E-state index is 13.6. The minimum absolute atomic E-state index is 0.00894. The number of ether oxygens (including phenoxy) is 1. The fourth-order valence-electron chi connectivity index (χ4n) is 2.10. The van der Waals surface area contributed by atoms with Crippen LogP contribution in [0.25, 0.3) is 0 Å². The van der Waals surface area contributed by atoms with E-state index in [1.807, 2.05) is 18.2 Å². The lowest BCUT2D eigenvalue weighted by Crippen LogP contribution is -2.14. The summed E-state index contributed by atoms with van der Waals surface area (Å²) in [4.78, 5) is 12.2. The number of benzene rings is 2. The van der Waals surface area contributed by atoms with Crippen LogP contribution in [0.4, 0.5) is 14.5 Å². The molecule has 0 fully saturated rings. The van der Waals surface area contributed by atoms with Gasteiger partial charge in [0.15, 0.2) is 5.76 Å². The van der Waals surface area contributed by atoms with E-state index in [0.717, 1.165) is 12.1 Å². The lowest BCUT2D eigenvalue weighted by Gasteiger charge is -2.08. The van der Waals surface area contributed by atoms with Gasteiger partial charge < -0.3 is 14.5 Å². The number of furan rings is 1. The van der Waals surface area contributed by atoms with E-state index in [0.29, 0.717) is 17.4 Å². The van der Waals surface area contributed by atoms with Gasteiger partial charge in [0.25, 0.3) is 5.91 Å². The molecular weight excluding hydrogens is 316 g/mol. The van der Waals surface area contributed by atoms with E-state index in [-0.39, 0.29) is 18.1 Å². The monoisotopic (exact) mass is 329 g/mol. The second kappa shape index (κ2) is 6.95. The molecule has 0 bridgehead atoms. The third-order valence-electron chi connectivity index (χ3n) is 3.27. The Balaban J connectivity index is 1.71. The SMILES string of the molecule is O=C(Nc1ccc(F)cc1F)c1occc1COc1ccccc1. The smallest absolute Gasteiger partial charge is 0.291 e. The number of hydrogen-bond acceptors (Lipinski definition) is 3. The first kappa shape index (κ1) is 15.7. The molecule has 3 rings (SSSR count). The number of nitrogens with one attached hydrogen (secondary N) is 1. The van der Waals surface area contributed by atoms with E-state index < -0.39 is 17.5 Å². The predicted octanol–water partition coefficient (Wildman–Crippen LogP) is 4.39. The first-order valence-corrected chi connectivity index (χ1v) is 7.14. The summed E-state index contributed by atoms with van der Waals surface area (Å²) < 4.78 is 37.2. The van der Waals surface area contributed by atoms with Crippen molar-refractivity contribution in [2.75, 3.05) is 5.32 Å². The Morgan fingerprint density at radius 1 is 1.08 bits per heavy atom. The summed E-state index contributed by atoms with van der Waals surface area (Å²) in [5, 5.41) is 2.35. The molecule has 1 amide bonds. The molecule has 0 aliphatic rings. The van der Waals surface area contributed by atoms with Crippen molar-refractivity contribution in [3.05, 3.63) is 83.8 Å².